The van der Waals surface area contributed by atoms with Crippen LogP contribution in [0.5, 0.6) is 0 Å². The number of piperazine rings is 1. The zero-order valence-corrected chi connectivity index (χ0v) is 12.7. The maximum absolute atomic E-state index is 11.5. The number of nitrogens with zero attached hydrogens (tertiary/aromatic N) is 4. The van der Waals surface area contributed by atoms with Gasteiger partial charge in [-0.3, -0.25) is 0 Å². The Bertz CT molecular complexity index is 541. The van der Waals surface area contributed by atoms with Crippen LogP contribution in [0.4, 0.5) is 11.6 Å². The molecular formula is C12H21N5O2S. The molecule has 0 aromatic carbocycles. The lowest BCUT2D eigenvalue weighted by atomic mass is 10.3. The lowest BCUT2D eigenvalue weighted by molar-refractivity contribution is 0.387. The molecule has 1 aromatic heterocycles. The van der Waals surface area contributed by atoms with Gasteiger partial charge in [0.25, 0.3) is 0 Å². The van der Waals surface area contributed by atoms with E-state index in [1.807, 2.05) is 6.07 Å². The second-order valence-corrected chi connectivity index (χ2v) is 6.82. The van der Waals surface area contributed by atoms with Crippen molar-refractivity contribution in [1.29, 1.82) is 0 Å². The molecule has 1 aliphatic heterocycles. The van der Waals surface area contributed by atoms with E-state index in [4.69, 9.17) is 0 Å². The zero-order chi connectivity index (χ0) is 14.6. The van der Waals surface area contributed by atoms with Crippen LogP contribution in [0.15, 0.2) is 12.4 Å². The van der Waals surface area contributed by atoms with Crippen LogP contribution < -0.4 is 10.2 Å². The molecule has 7 nitrogen and oxygen atoms in total. The smallest absolute Gasteiger partial charge is 0.211 e. The molecule has 1 aromatic rings. The van der Waals surface area contributed by atoms with E-state index in [9.17, 15) is 8.42 Å². The van der Waals surface area contributed by atoms with Gasteiger partial charge < -0.3 is 10.2 Å². The first-order valence-corrected chi connectivity index (χ1v) is 8.61. The summed E-state index contributed by atoms with van der Waals surface area (Å²) in [4.78, 5) is 10.5. The van der Waals surface area contributed by atoms with Crippen LogP contribution in [0, 0.1) is 0 Å². The monoisotopic (exact) mass is 299 g/mol. The Balaban J connectivity index is 2.00. The van der Waals surface area contributed by atoms with Crippen molar-refractivity contribution in [2.75, 3.05) is 49.2 Å². The molecule has 2 rings (SSSR count). The van der Waals surface area contributed by atoms with Gasteiger partial charge in [-0.1, -0.05) is 6.92 Å². The van der Waals surface area contributed by atoms with Crippen molar-refractivity contribution in [3.8, 4) is 0 Å². The largest absolute Gasteiger partial charge is 0.370 e. The van der Waals surface area contributed by atoms with E-state index < -0.39 is 10.0 Å². The van der Waals surface area contributed by atoms with Crippen LogP contribution in [0.1, 0.15) is 13.3 Å². The standard InChI is InChI=1S/C12H21N5O2S/c1-3-4-13-11-9-12(15-10-14-11)16-5-7-17(8-6-16)20(2,18)19/h9-10H,3-8H2,1-2H3,(H,13,14,15). The minimum Gasteiger partial charge on any atom is -0.370 e. The molecule has 1 saturated heterocycles. The highest BCUT2D eigenvalue weighted by atomic mass is 32.2. The quantitative estimate of drug-likeness (QED) is 0.847. The van der Waals surface area contributed by atoms with E-state index in [1.165, 1.54) is 16.9 Å². The van der Waals surface area contributed by atoms with Gasteiger partial charge in [0.1, 0.15) is 18.0 Å². The van der Waals surface area contributed by atoms with Gasteiger partial charge in [-0.25, -0.2) is 18.4 Å². The summed E-state index contributed by atoms with van der Waals surface area (Å²) in [6.07, 6.45) is 3.82. The van der Waals surface area contributed by atoms with Gasteiger partial charge in [-0.2, -0.15) is 4.31 Å². The van der Waals surface area contributed by atoms with Gasteiger partial charge in [-0.15, -0.1) is 0 Å². The number of nitrogens with one attached hydrogen (secondary N) is 1. The molecule has 0 saturated carbocycles. The summed E-state index contributed by atoms with van der Waals surface area (Å²) >= 11 is 0. The van der Waals surface area contributed by atoms with Gasteiger partial charge in [-0.05, 0) is 6.42 Å². The summed E-state index contributed by atoms with van der Waals surface area (Å²) in [5.41, 5.74) is 0. The lowest BCUT2D eigenvalue weighted by Gasteiger charge is -2.33. The van der Waals surface area contributed by atoms with Crippen molar-refractivity contribution >= 4 is 21.7 Å². The summed E-state index contributed by atoms with van der Waals surface area (Å²) in [6.45, 7) is 5.27. The summed E-state index contributed by atoms with van der Waals surface area (Å²) in [5, 5.41) is 3.22. The Morgan fingerprint density at radius 2 is 1.95 bits per heavy atom. The molecule has 1 N–H and O–H groups in total. The first-order valence-electron chi connectivity index (χ1n) is 6.76. The molecule has 1 fully saturated rings. The number of hydrogen-bond donors (Lipinski definition) is 1. The second-order valence-electron chi connectivity index (χ2n) is 4.84. The first-order chi connectivity index (χ1) is 9.50. The second kappa shape index (κ2) is 6.36. The highest BCUT2D eigenvalue weighted by Gasteiger charge is 2.24. The van der Waals surface area contributed by atoms with Crippen LogP contribution in [0.25, 0.3) is 0 Å². The molecule has 1 aliphatic rings. The van der Waals surface area contributed by atoms with E-state index in [2.05, 4.69) is 27.1 Å². The molecule has 0 bridgehead atoms. The fourth-order valence-corrected chi connectivity index (χ4v) is 2.95. The third-order valence-corrected chi connectivity index (χ3v) is 4.54. The van der Waals surface area contributed by atoms with Crippen molar-refractivity contribution in [3.05, 3.63) is 12.4 Å². The van der Waals surface area contributed by atoms with Crippen molar-refractivity contribution in [1.82, 2.24) is 14.3 Å². The van der Waals surface area contributed by atoms with Crippen LogP contribution in [-0.2, 0) is 10.0 Å². The van der Waals surface area contributed by atoms with Gasteiger partial charge in [0.15, 0.2) is 0 Å². The van der Waals surface area contributed by atoms with Crippen LogP contribution in [0.3, 0.4) is 0 Å². The lowest BCUT2D eigenvalue weighted by Crippen LogP contribution is -2.48. The topological polar surface area (TPSA) is 78.4 Å². The van der Waals surface area contributed by atoms with Crippen molar-refractivity contribution in [3.63, 3.8) is 0 Å². The fraction of sp³-hybridized carbons (Fsp3) is 0.667. The Kier molecular flexibility index (Phi) is 4.77. The molecule has 0 amide bonds. The molecule has 20 heavy (non-hydrogen) atoms. The Hall–Kier alpha value is -1.41. The fourth-order valence-electron chi connectivity index (χ4n) is 2.12. The molecule has 0 aliphatic carbocycles. The molecule has 0 spiro atoms. The summed E-state index contributed by atoms with van der Waals surface area (Å²) in [5.74, 6) is 1.65. The maximum atomic E-state index is 11.5. The van der Waals surface area contributed by atoms with Crippen molar-refractivity contribution < 1.29 is 8.42 Å². The van der Waals surface area contributed by atoms with Crippen molar-refractivity contribution in [2.45, 2.75) is 13.3 Å². The molecule has 2 heterocycles. The van der Waals surface area contributed by atoms with E-state index in [0.29, 0.717) is 26.2 Å². The average Bonchev–Trinajstić information content (AvgIpc) is 2.45. The predicted octanol–water partition coefficient (Wildman–Crippen LogP) is 0.380. The van der Waals surface area contributed by atoms with E-state index >= 15 is 0 Å². The number of hydrogen-bond acceptors (Lipinski definition) is 6. The first kappa shape index (κ1) is 15.0. The molecule has 0 radical (unpaired) electrons. The summed E-state index contributed by atoms with van der Waals surface area (Å²) < 4.78 is 24.4. The average molecular weight is 299 g/mol. The molecule has 112 valence electrons. The number of rotatable bonds is 5. The maximum Gasteiger partial charge on any atom is 0.211 e. The SMILES string of the molecule is CCCNc1cc(N2CCN(S(C)(=O)=O)CC2)ncn1. The molecule has 0 unspecified atom stereocenters. The Morgan fingerprint density at radius 1 is 1.25 bits per heavy atom. The van der Waals surface area contributed by atoms with Gasteiger partial charge in [0.2, 0.25) is 10.0 Å². The van der Waals surface area contributed by atoms with E-state index in [0.717, 1.165) is 24.6 Å². The summed E-state index contributed by atoms with van der Waals surface area (Å²) in [7, 11) is -3.09. The van der Waals surface area contributed by atoms with E-state index in [-0.39, 0.29) is 0 Å². The number of aromatic nitrogens is 2. The van der Waals surface area contributed by atoms with Gasteiger partial charge >= 0.3 is 0 Å². The predicted molar refractivity (Wildman–Crippen MR) is 79.4 cm³/mol. The highest BCUT2D eigenvalue weighted by Crippen LogP contribution is 2.17. The molecular weight excluding hydrogens is 278 g/mol. The van der Waals surface area contributed by atoms with Crippen LogP contribution in [0.2, 0.25) is 0 Å². The van der Waals surface area contributed by atoms with E-state index in [1.54, 1.807) is 0 Å². The number of sulfonamides is 1. The minimum absolute atomic E-state index is 0.501. The van der Waals surface area contributed by atoms with Gasteiger partial charge in [0, 0.05) is 38.8 Å². The van der Waals surface area contributed by atoms with Crippen LogP contribution in [-0.4, -0.2) is 61.7 Å². The van der Waals surface area contributed by atoms with Gasteiger partial charge in [0.05, 0.1) is 6.26 Å². The van der Waals surface area contributed by atoms with Crippen molar-refractivity contribution in [2.24, 2.45) is 0 Å². The summed E-state index contributed by atoms with van der Waals surface area (Å²) in [6, 6.07) is 1.91. The normalized spacial score (nSPS) is 17.2. The number of anilines is 2. The minimum atomic E-state index is -3.09. The highest BCUT2D eigenvalue weighted by molar-refractivity contribution is 7.88. The third-order valence-electron chi connectivity index (χ3n) is 3.24. The Morgan fingerprint density at radius 3 is 2.55 bits per heavy atom. The molecule has 8 heteroatoms. The zero-order valence-electron chi connectivity index (χ0n) is 11.9. The Labute approximate surface area is 120 Å². The third kappa shape index (κ3) is 3.80. The van der Waals surface area contributed by atoms with Crippen LogP contribution >= 0.6 is 0 Å². The molecule has 0 atom stereocenters.